The van der Waals surface area contributed by atoms with Crippen LogP contribution in [0.4, 0.5) is 10.2 Å². The lowest BCUT2D eigenvalue weighted by Crippen LogP contribution is -2.40. The van der Waals surface area contributed by atoms with Crippen LogP contribution in [0, 0.1) is 5.82 Å². The van der Waals surface area contributed by atoms with E-state index in [1.807, 2.05) is 36.4 Å². The highest BCUT2D eigenvalue weighted by Crippen LogP contribution is 2.39. The van der Waals surface area contributed by atoms with Crippen molar-refractivity contribution in [3.8, 4) is 0 Å². The Kier molecular flexibility index (Phi) is 7.78. The van der Waals surface area contributed by atoms with E-state index in [1.54, 1.807) is 31.4 Å². The second kappa shape index (κ2) is 10.7. The molecule has 0 saturated heterocycles. The molecule has 2 aromatic carbocycles. The predicted molar refractivity (Wildman–Crippen MR) is 123 cm³/mol. The molecule has 6 nitrogen and oxygen atoms in total. The standard InChI is InChI=1S/C18H18ClFN4O2.C6H6/c1-22-17-12(3-2-6-23-17)18(26)24(9-16(21)25)15-5-4-11-13(15)7-10(19)8-14(11)20;1-2-4-6-5-3-1/h2-3,6-8,15H,4-5,9H2,1H3,(H2,21,25)(H,22,23);1-6H. The van der Waals surface area contributed by atoms with E-state index in [0.29, 0.717) is 35.3 Å². The van der Waals surface area contributed by atoms with Crippen molar-refractivity contribution < 1.29 is 14.0 Å². The molecule has 3 aromatic rings. The van der Waals surface area contributed by atoms with Crippen LogP contribution < -0.4 is 11.1 Å². The van der Waals surface area contributed by atoms with E-state index >= 15 is 0 Å². The number of halogens is 2. The van der Waals surface area contributed by atoms with Crippen molar-refractivity contribution in [1.29, 1.82) is 0 Å². The Morgan fingerprint density at radius 1 is 1.19 bits per heavy atom. The van der Waals surface area contributed by atoms with Crippen LogP contribution in [0.15, 0.2) is 66.9 Å². The van der Waals surface area contributed by atoms with Crippen molar-refractivity contribution in [3.05, 3.63) is 94.4 Å². The van der Waals surface area contributed by atoms with Crippen molar-refractivity contribution >= 4 is 29.2 Å². The summed E-state index contributed by atoms with van der Waals surface area (Å²) in [6, 6.07) is 17.7. The fraction of sp³-hybridized carbons (Fsp3) is 0.208. The highest BCUT2D eigenvalue weighted by atomic mass is 35.5. The molecule has 166 valence electrons. The molecule has 1 aliphatic rings. The number of hydrogen-bond acceptors (Lipinski definition) is 4. The van der Waals surface area contributed by atoms with Gasteiger partial charge in [-0.15, -0.1) is 0 Å². The first-order chi connectivity index (χ1) is 15.4. The average molecular weight is 455 g/mol. The van der Waals surface area contributed by atoms with Crippen LogP contribution in [0.5, 0.6) is 0 Å². The molecule has 8 heteroatoms. The molecule has 0 radical (unpaired) electrons. The van der Waals surface area contributed by atoms with Gasteiger partial charge >= 0.3 is 0 Å². The molecule has 0 fully saturated rings. The summed E-state index contributed by atoms with van der Waals surface area (Å²) in [7, 11) is 1.65. The van der Waals surface area contributed by atoms with Gasteiger partial charge in [-0.3, -0.25) is 9.59 Å². The summed E-state index contributed by atoms with van der Waals surface area (Å²) in [6.07, 6.45) is 2.50. The van der Waals surface area contributed by atoms with Gasteiger partial charge in [0, 0.05) is 18.3 Å². The molecule has 2 amide bonds. The van der Waals surface area contributed by atoms with Gasteiger partial charge in [-0.1, -0.05) is 48.0 Å². The highest BCUT2D eigenvalue weighted by molar-refractivity contribution is 6.30. The van der Waals surface area contributed by atoms with Crippen LogP contribution in [0.25, 0.3) is 0 Å². The Morgan fingerprint density at radius 2 is 1.84 bits per heavy atom. The van der Waals surface area contributed by atoms with Crippen molar-refractivity contribution in [2.75, 3.05) is 18.9 Å². The van der Waals surface area contributed by atoms with Gasteiger partial charge in [0.25, 0.3) is 5.91 Å². The second-order valence-corrected chi connectivity index (χ2v) is 7.65. The summed E-state index contributed by atoms with van der Waals surface area (Å²) < 4.78 is 14.2. The number of aromatic nitrogens is 1. The van der Waals surface area contributed by atoms with E-state index in [2.05, 4.69) is 10.3 Å². The van der Waals surface area contributed by atoms with Crippen LogP contribution in [-0.4, -0.2) is 35.3 Å². The number of nitrogens with zero attached hydrogens (tertiary/aromatic N) is 2. The number of nitrogens with one attached hydrogen (secondary N) is 1. The lowest BCUT2D eigenvalue weighted by atomic mass is 10.0. The van der Waals surface area contributed by atoms with Crippen LogP contribution in [0.3, 0.4) is 0 Å². The van der Waals surface area contributed by atoms with Crippen molar-refractivity contribution in [3.63, 3.8) is 0 Å². The highest BCUT2D eigenvalue weighted by Gasteiger charge is 2.35. The maximum Gasteiger partial charge on any atom is 0.258 e. The van der Waals surface area contributed by atoms with E-state index in [-0.39, 0.29) is 11.6 Å². The van der Waals surface area contributed by atoms with Gasteiger partial charge in [0.05, 0.1) is 11.6 Å². The zero-order valence-electron chi connectivity index (χ0n) is 17.6. The molecule has 0 saturated carbocycles. The van der Waals surface area contributed by atoms with Gasteiger partial charge in [0.15, 0.2) is 0 Å². The van der Waals surface area contributed by atoms with Gasteiger partial charge in [-0.25, -0.2) is 9.37 Å². The molecule has 1 aliphatic carbocycles. The van der Waals surface area contributed by atoms with Crippen LogP contribution in [0.2, 0.25) is 5.02 Å². The second-order valence-electron chi connectivity index (χ2n) is 7.21. The quantitative estimate of drug-likeness (QED) is 0.604. The number of primary amides is 1. The molecule has 1 aromatic heterocycles. The zero-order valence-corrected chi connectivity index (χ0v) is 18.3. The molecule has 1 atom stereocenters. The Bertz CT molecular complexity index is 1070. The van der Waals surface area contributed by atoms with E-state index < -0.39 is 23.7 Å². The first-order valence-electron chi connectivity index (χ1n) is 10.1. The zero-order chi connectivity index (χ0) is 23.1. The third-order valence-corrected chi connectivity index (χ3v) is 5.34. The molecular formula is C24H24ClFN4O2. The average Bonchev–Trinajstić information content (AvgIpc) is 3.22. The molecule has 0 spiro atoms. The minimum Gasteiger partial charge on any atom is -0.372 e. The largest absolute Gasteiger partial charge is 0.372 e. The topological polar surface area (TPSA) is 88.3 Å². The lowest BCUT2D eigenvalue weighted by Gasteiger charge is -2.29. The number of carbonyl (C=O) groups excluding carboxylic acids is 2. The molecule has 32 heavy (non-hydrogen) atoms. The molecule has 0 bridgehead atoms. The fourth-order valence-electron chi connectivity index (χ4n) is 3.75. The lowest BCUT2D eigenvalue weighted by molar-refractivity contribution is -0.119. The maximum absolute atomic E-state index is 14.2. The summed E-state index contributed by atoms with van der Waals surface area (Å²) in [4.78, 5) is 30.2. The Hall–Kier alpha value is -3.45. The van der Waals surface area contributed by atoms with Gasteiger partial charge in [0.2, 0.25) is 5.91 Å². The Morgan fingerprint density at radius 3 is 2.44 bits per heavy atom. The fourth-order valence-corrected chi connectivity index (χ4v) is 3.97. The minimum absolute atomic E-state index is 0.247. The molecule has 1 heterocycles. The number of hydrogen-bond donors (Lipinski definition) is 2. The number of rotatable bonds is 5. The van der Waals surface area contributed by atoms with E-state index in [1.165, 1.54) is 11.0 Å². The molecule has 0 aliphatic heterocycles. The first-order valence-corrected chi connectivity index (χ1v) is 10.5. The van der Waals surface area contributed by atoms with Crippen LogP contribution in [0.1, 0.15) is 33.9 Å². The van der Waals surface area contributed by atoms with Crippen molar-refractivity contribution in [2.24, 2.45) is 5.73 Å². The molecule has 3 N–H and O–H groups in total. The SMILES string of the molecule is CNc1ncccc1C(=O)N(CC(N)=O)C1CCc2c(F)cc(Cl)cc21.c1ccccc1. The number of benzene rings is 2. The van der Waals surface area contributed by atoms with E-state index in [9.17, 15) is 14.0 Å². The van der Waals surface area contributed by atoms with Crippen molar-refractivity contribution in [2.45, 2.75) is 18.9 Å². The monoisotopic (exact) mass is 454 g/mol. The third-order valence-electron chi connectivity index (χ3n) is 5.13. The molecular weight excluding hydrogens is 431 g/mol. The maximum atomic E-state index is 14.2. The number of pyridine rings is 1. The summed E-state index contributed by atoms with van der Waals surface area (Å²) in [5.41, 5.74) is 6.80. The third kappa shape index (κ3) is 5.42. The van der Waals surface area contributed by atoms with Gasteiger partial charge in [-0.2, -0.15) is 0 Å². The Balaban J connectivity index is 0.000000416. The minimum atomic E-state index is -0.649. The summed E-state index contributed by atoms with van der Waals surface area (Å²) in [6.45, 7) is -0.283. The van der Waals surface area contributed by atoms with Crippen LogP contribution >= 0.6 is 11.6 Å². The van der Waals surface area contributed by atoms with Gasteiger partial charge in [0.1, 0.15) is 18.2 Å². The summed E-state index contributed by atoms with van der Waals surface area (Å²) >= 11 is 5.99. The van der Waals surface area contributed by atoms with E-state index in [4.69, 9.17) is 17.3 Å². The van der Waals surface area contributed by atoms with Gasteiger partial charge < -0.3 is 16.0 Å². The molecule has 4 rings (SSSR count). The smallest absolute Gasteiger partial charge is 0.258 e. The van der Waals surface area contributed by atoms with Gasteiger partial charge in [-0.05, 0) is 48.2 Å². The Labute approximate surface area is 191 Å². The van der Waals surface area contributed by atoms with Crippen molar-refractivity contribution in [1.82, 2.24) is 9.88 Å². The number of nitrogens with two attached hydrogens (primary N) is 1. The number of amides is 2. The predicted octanol–water partition coefficient (Wildman–Crippen LogP) is 4.22. The number of carbonyl (C=O) groups is 2. The molecule has 1 unspecified atom stereocenters. The van der Waals surface area contributed by atoms with E-state index in [0.717, 1.165) is 0 Å². The normalized spacial score (nSPS) is 14.0. The number of fused-ring (bicyclic) bond motifs is 1. The first kappa shape index (κ1) is 23.2. The number of anilines is 1. The summed E-state index contributed by atoms with van der Waals surface area (Å²) in [5, 5.41) is 3.10. The van der Waals surface area contributed by atoms with Crippen LogP contribution in [-0.2, 0) is 11.2 Å². The summed E-state index contributed by atoms with van der Waals surface area (Å²) in [5.74, 6) is -1.06.